The Morgan fingerprint density at radius 3 is 0.718 bits per heavy atom. The molecule has 0 radical (unpaired) electrons. The number of fused-ring (bicyclic) bond motifs is 3. The number of rotatable bonds is 12. The predicted molar refractivity (Wildman–Crippen MR) is 319 cm³/mol. The maximum absolute atomic E-state index is 5.22. The van der Waals surface area contributed by atoms with E-state index in [1.54, 1.807) is 0 Å². The first-order valence-corrected chi connectivity index (χ1v) is 26.9. The highest BCUT2D eigenvalue weighted by Gasteiger charge is 2.21. The number of imidazole rings is 3. The van der Waals surface area contributed by atoms with E-state index in [2.05, 4.69) is 255 Å². The van der Waals surface area contributed by atoms with Gasteiger partial charge in [-0.3, -0.25) is 13.7 Å². The molecule has 9 nitrogen and oxygen atoms in total. The number of nitrogens with zero attached hydrogens (tertiary/aromatic N) is 9. The highest BCUT2D eigenvalue weighted by Crippen LogP contribution is 2.36. The fourth-order valence-corrected chi connectivity index (χ4v) is 10.5. The first-order chi connectivity index (χ1) is 38.1. The zero-order valence-electron chi connectivity index (χ0n) is 44.5. The number of para-hydroxylation sites is 6. The van der Waals surface area contributed by atoms with Crippen LogP contribution in [0, 0.1) is 0 Å². The lowest BCUT2D eigenvalue weighted by atomic mass is 10.0. The lowest BCUT2D eigenvalue weighted by molar-refractivity contribution is 0.865. The maximum atomic E-state index is 5.22. The van der Waals surface area contributed by atoms with Gasteiger partial charge in [-0.05, 0) is 107 Å². The van der Waals surface area contributed by atoms with E-state index in [-0.39, 0.29) is 0 Å². The van der Waals surface area contributed by atoms with Crippen LogP contribution in [0.2, 0.25) is 0 Å². The van der Waals surface area contributed by atoms with Gasteiger partial charge in [0.15, 0.2) is 17.5 Å². The van der Waals surface area contributed by atoms with Crippen molar-refractivity contribution in [3.05, 3.63) is 235 Å². The van der Waals surface area contributed by atoms with Crippen molar-refractivity contribution in [2.45, 2.75) is 59.3 Å². The van der Waals surface area contributed by atoms with Crippen molar-refractivity contribution in [3.63, 3.8) is 0 Å². The molecule has 78 heavy (non-hydrogen) atoms. The zero-order chi connectivity index (χ0) is 53.0. The molecule has 0 aliphatic heterocycles. The second-order valence-electron chi connectivity index (χ2n) is 21.1. The van der Waals surface area contributed by atoms with Gasteiger partial charge in [0.25, 0.3) is 0 Å². The molecule has 0 bridgehead atoms. The number of hydrogen-bond acceptors (Lipinski definition) is 6. The molecular weight excluding hydrogens is 955 g/mol. The van der Waals surface area contributed by atoms with Crippen LogP contribution in [0.4, 0.5) is 0 Å². The van der Waals surface area contributed by atoms with Gasteiger partial charge in [0, 0.05) is 50.4 Å². The Morgan fingerprint density at radius 2 is 0.474 bits per heavy atom. The van der Waals surface area contributed by atoms with Crippen molar-refractivity contribution < 1.29 is 0 Å². The van der Waals surface area contributed by atoms with Crippen molar-refractivity contribution in [2.24, 2.45) is 0 Å². The van der Waals surface area contributed by atoms with Gasteiger partial charge in [0.1, 0.15) is 17.5 Å². The molecule has 0 saturated heterocycles. The lowest BCUT2D eigenvalue weighted by Gasteiger charge is -2.13. The molecule has 9 aromatic carbocycles. The van der Waals surface area contributed by atoms with Crippen molar-refractivity contribution >= 4 is 33.1 Å². The summed E-state index contributed by atoms with van der Waals surface area (Å²) >= 11 is 0. The predicted octanol–water partition coefficient (Wildman–Crippen LogP) is 17.3. The summed E-state index contributed by atoms with van der Waals surface area (Å²) in [5.41, 5.74) is 18.5. The van der Waals surface area contributed by atoms with E-state index in [4.69, 9.17) is 29.9 Å². The fraction of sp³-hybridized carbons (Fsp3) is 0.130. The Morgan fingerprint density at radius 1 is 0.244 bits per heavy atom. The monoisotopic (exact) mass is 1010 g/mol. The minimum absolute atomic E-state index is 0.435. The number of aromatic nitrogens is 9. The summed E-state index contributed by atoms with van der Waals surface area (Å²) in [4.78, 5) is 31.2. The van der Waals surface area contributed by atoms with Gasteiger partial charge in [-0.25, -0.2) is 29.9 Å². The first kappa shape index (κ1) is 48.1. The van der Waals surface area contributed by atoms with Gasteiger partial charge < -0.3 is 0 Å². The summed E-state index contributed by atoms with van der Waals surface area (Å²) in [6, 6.07) is 76.6. The van der Waals surface area contributed by atoms with Crippen molar-refractivity contribution in [2.75, 3.05) is 0 Å². The van der Waals surface area contributed by atoms with Gasteiger partial charge in [-0.1, -0.05) is 187 Å². The van der Waals surface area contributed by atoms with Gasteiger partial charge in [0.2, 0.25) is 0 Å². The standard InChI is InChI=1S/C69H57N9/c1-43(2)46-31-37-55(38-32-46)76-61-16-10-7-13-58(61)70-67(76)52-25-19-49(20-26-52)64-73-65(50-21-27-53(28-22-50)68-71-59-14-8-11-17-62(59)77(68)56-39-33-47(34-40-56)44(3)4)75-66(74-64)51-23-29-54(30-24-51)69-72-60-15-9-12-18-63(60)78(69)57-41-35-48(36-42-57)45(5)6/h7-45H,1-6H3. The molecule has 13 aromatic rings. The minimum Gasteiger partial charge on any atom is -0.292 e. The Hall–Kier alpha value is -9.60. The molecule has 4 aromatic heterocycles. The SMILES string of the molecule is CC(C)c1ccc(-n2c(-c3ccc(-c4nc(-c5ccc(-c6nc7ccccc7n6-c6ccc(C(C)C)cc6)cc5)nc(-c5ccc(-c6nc7ccccc7n6-c6ccc(C(C)C)cc6)cc5)n4)cc3)nc3ccccc32)cc1. The fourth-order valence-electron chi connectivity index (χ4n) is 10.5. The molecule has 0 atom stereocenters. The van der Waals surface area contributed by atoms with E-state index in [0.717, 1.165) is 101 Å². The average Bonchev–Trinajstić information content (AvgIpc) is 4.31. The third-order valence-corrected chi connectivity index (χ3v) is 15.0. The minimum atomic E-state index is 0.435. The van der Waals surface area contributed by atoms with Gasteiger partial charge in [0.05, 0.1) is 33.1 Å². The van der Waals surface area contributed by atoms with Gasteiger partial charge in [-0.15, -0.1) is 0 Å². The smallest absolute Gasteiger partial charge is 0.164 e. The van der Waals surface area contributed by atoms with Crippen LogP contribution in [0.25, 0.3) is 118 Å². The molecule has 0 unspecified atom stereocenters. The molecule has 9 heteroatoms. The topological polar surface area (TPSA) is 92.1 Å². The average molecular weight is 1010 g/mol. The van der Waals surface area contributed by atoms with Crippen molar-refractivity contribution in [3.8, 4) is 85.4 Å². The summed E-state index contributed by atoms with van der Waals surface area (Å²) in [5, 5.41) is 0. The van der Waals surface area contributed by atoms with Crippen LogP contribution in [-0.2, 0) is 0 Å². The number of hydrogen-bond donors (Lipinski definition) is 0. The van der Waals surface area contributed by atoms with Crippen LogP contribution in [0.5, 0.6) is 0 Å². The van der Waals surface area contributed by atoms with Crippen LogP contribution in [0.3, 0.4) is 0 Å². The lowest BCUT2D eigenvalue weighted by Crippen LogP contribution is -2.01. The van der Waals surface area contributed by atoms with Crippen LogP contribution in [-0.4, -0.2) is 43.6 Å². The highest BCUT2D eigenvalue weighted by molar-refractivity contribution is 5.86. The molecule has 0 spiro atoms. The summed E-state index contributed by atoms with van der Waals surface area (Å²) in [5.74, 6) is 5.57. The highest BCUT2D eigenvalue weighted by atomic mass is 15.1. The molecule has 0 N–H and O–H groups in total. The van der Waals surface area contributed by atoms with E-state index in [9.17, 15) is 0 Å². The molecule has 0 aliphatic carbocycles. The second-order valence-corrected chi connectivity index (χ2v) is 21.1. The zero-order valence-corrected chi connectivity index (χ0v) is 44.5. The second kappa shape index (κ2) is 19.8. The van der Waals surface area contributed by atoms with Crippen LogP contribution >= 0.6 is 0 Å². The third kappa shape index (κ3) is 8.82. The molecular formula is C69H57N9. The largest absolute Gasteiger partial charge is 0.292 e. The Labute approximate surface area is 454 Å². The summed E-state index contributed by atoms with van der Waals surface area (Å²) in [7, 11) is 0. The molecule has 0 aliphatic rings. The van der Waals surface area contributed by atoms with E-state index < -0.39 is 0 Å². The molecule has 0 amide bonds. The normalized spacial score (nSPS) is 11.8. The van der Waals surface area contributed by atoms with Gasteiger partial charge >= 0.3 is 0 Å². The number of benzene rings is 9. The summed E-state index contributed by atoms with van der Waals surface area (Å²) < 4.78 is 6.74. The van der Waals surface area contributed by atoms with E-state index in [0.29, 0.717) is 35.2 Å². The van der Waals surface area contributed by atoms with Crippen LogP contribution in [0.1, 0.15) is 76.0 Å². The maximum Gasteiger partial charge on any atom is 0.164 e. The van der Waals surface area contributed by atoms with Gasteiger partial charge in [-0.2, -0.15) is 0 Å². The quantitative estimate of drug-likeness (QED) is 0.121. The molecule has 13 rings (SSSR count). The molecule has 0 saturated carbocycles. The summed E-state index contributed by atoms with van der Waals surface area (Å²) in [6.45, 7) is 13.3. The Balaban J connectivity index is 0.903. The van der Waals surface area contributed by atoms with E-state index in [1.165, 1.54) is 16.7 Å². The first-order valence-electron chi connectivity index (χ1n) is 26.9. The van der Waals surface area contributed by atoms with Crippen LogP contribution < -0.4 is 0 Å². The Bertz CT molecular complexity index is 3840. The third-order valence-electron chi connectivity index (χ3n) is 15.0. The molecule has 4 heterocycles. The van der Waals surface area contributed by atoms with E-state index in [1.807, 2.05) is 18.2 Å². The van der Waals surface area contributed by atoms with Crippen LogP contribution in [0.15, 0.2) is 218 Å². The van der Waals surface area contributed by atoms with Crippen molar-refractivity contribution in [1.29, 1.82) is 0 Å². The molecule has 0 fully saturated rings. The Kier molecular flexibility index (Phi) is 12.2. The van der Waals surface area contributed by atoms with Crippen molar-refractivity contribution in [1.82, 2.24) is 43.6 Å². The molecule has 378 valence electrons. The summed E-state index contributed by atoms with van der Waals surface area (Å²) in [6.07, 6.45) is 0. The van der Waals surface area contributed by atoms with E-state index >= 15 is 0 Å².